The van der Waals surface area contributed by atoms with Crippen molar-refractivity contribution in [1.29, 1.82) is 0 Å². The van der Waals surface area contributed by atoms with Gasteiger partial charge in [0.15, 0.2) is 0 Å². The molecular formula is C17H21F2N3. The first-order valence-corrected chi connectivity index (χ1v) is 7.65. The van der Waals surface area contributed by atoms with Gasteiger partial charge in [-0.3, -0.25) is 4.90 Å². The SMILES string of the molecule is Cc1cc(C)c(-n2cccn2)c(CN2CCC(F)(F)CC2)c1. The predicted octanol–water partition coefficient (Wildman–Crippen LogP) is 3.72. The summed E-state index contributed by atoms with van der Waals surface area (Å²) < 4.78 is 28.5. The number of nitrogens with zero attached hydrogens (tertiary/aromatic N) is 3. The fourth-order valence-electron chi connectivity index (χ4n) is 3.18. The lowest BCUT2D eigenvalue weighted by molar-refractivity contribution is -0.0566. The Bertz CT molecular complexity index is 640. The number of alkyl halides is 2. The molecule has 0 aliphatic carbocycles. The molecule has 0 N–H and O–H groups in total. The van der Waals surface area contributed by atoms with Crippen LogP contribution < -0.4 is 0 Å². The second-order valence-electron chi connectivity index (χ2n) is 6.17. The summed E-state index contributed by atoms with van der Waals surface area (Å²) in [5, 5.41) is 4.33. The van der Waals surface area contributed by atoms with Crippen LogP contribution in [0.3, 0.4) is 0 Å². The molecule has 1 fully saturated rings. The molecule has 22 heavy (non-hydrogen) atoms. The van der Waals surface area contributed by atoms with Crippen LogP contribution in [0.15, 0.2) is 30.6 Å². The number of benzene rings is 1. The number of aryl methyl sites for hydroxylation is 2. The van der Waals surface area contributed by atoms with Gasteiger partial charge in [0.1, 0.15) is 0 Å². The summed E-state index contributed by atoms with van der Waals surface area (Å²) in [7, 11) is 0. The monoisotopic (exact) mass is 305 g/mol. The Balaban J connectivity index is 1.87. The molecule has 0 unspecified atom stereocenters. The summed E-state index contributed by atoms with van der Waals surface area (Å²) in [6.45, 7) is 5.70. The van der Waals surface area contributed by atoms with Crippen LogP contribution in [0.1, 0.15) is 29.5 Å². The summed E-state index contributed by atoms with van der Waals surface area (Å²) in [6, 6.07) is 6.16. The van der Waals surface area contributed by atoms with E-state index in [4.69, 9.17) is 0 Å². The molecule has 2 aromatic rings. The van der Waals surface area contributed by atoms with Gasteiger partial charge in [0.2, 0.25) is 0 Å². The van der Waals surface area contributed by atoms with Crippen molar-refractivity contribution >= 4 is 0 Å². The maximum atomic E-state index is 13.3. The summed E-state index contributed by atoms with van der Waals surface area (Å²) in [5.74, 6) is -2.50. The molecule has 5 heteroatoms. The highest BCUT2D eigenvalue weighted by atomic mass is 19.3. The van der Waals surface area contributed by atoms with E-state index in [-0.39, 0.29) is 12.8 Å². The van der Waals surface area contributed by atoms with Gasteiger partial charge in [0.05, 0.1) is 5.69 Å². The van der Waals surface area contributed by atoms with E-state index in [2.05, 4.69) is 36.0 Å². The number of piperidine rings is 1. The minimum Gasteiger partial charge on any atom is -0.299 e. The van der Waals surface area contributed by atoms with Crippen LogP contribution in [0, 0.1) is 13.8 Å². The lowest BCUT2D eigenvalue weighted by Crippen LogP contribution is -2.39. The topological polar surface area (TPSA) is 21.1 Å². The smallest absolute Gasteiger partial charge is 0.250 e. The van der Waals surface area contributed by atoms with Crippen molar-refractivity contribution in [1.82, 2.24) is 14.7 Å². The van der Waals surface area contributed by atoms with Crippen LogP contribution in [0.4, 0.5) is 8.78 Å². The van der Waals surface area contributed by atoms with Gasteiger partial charge >= 0.3 is 0 Å². The largest absolute Gasteiger partial charge is 0.299 e. The van der Waals surface area contributed by atoms with Crippen molar-refractivity contribution in [2.24, 2.45) is 0 Å². The van der Waals surface area contributed by atoms with Crippen LogP contribution >= 0.6 is 0 Å². The molecule has 1 aromatic carbocycles. The van der Waals surface area contributed by atoms with E-state index in [9.17, 15) is 8.78 Å². The van der Waals surface area contributed by atoms with Crippen molar-refractivity contribution in [3.05, 3.63) is 47.3 Å². The zero-order valence-corrected chi connectivity index (χ0v) is 13.0. The van der Waals surface area contributed by atoms with Gasteiger partial charge < -0.3 is 0 Å². The molecular weight excluding hydrogens is 284 g/mol. The molecule has 0 spiro atoms. The lowest BCUT2D eigenvalue weighted by atomic mass is 10.0. The van der Waals surface area contributed by atoms with Gasteiger partial charge in [0, 0.05) is 44.9 Å². The minimum atomic E-state index is -2.50. The maximum Gasteiger partial charge on any atom is 0.250 e. The summed E-state index contributed by atoms with van der Waals surface area (Å²) in [4.78, 5) is 2.11. The molecule has 0 atom stereocenters. The number of hydrogen-bond donors (Lipinski definition) is 0. The Labute approximate surface area is 129 Å². The molecule has 0 saturated carbocycles. The number of halogens is 2. The highest BCUT2D eigenvalue weighted by Crippen LogP contribution is 2.30. The first kappa shape index (κ1) is 15.2. The Morgan fingerprint density at radius 1 is 1.18 bits per heavy atom. The average molecular weight is 305 g/mol. The van der Waals surface area contributed by atoms with Crippen LogP contribution in [-0.2, 0) is 6.54 Å². The molecule has 2 heterocycles. The minimum absolute atomic E-state index is 0.0467. The normalized spacial score (nSPS) is 18.5. The molecule has 0 amide bonds. The number of hydrogen-bond acceptors (Lipinski definition) is 2. The maximum absolute atomic E-state index is 13.3. The van der Waals surface area contributed by atoms with E-state index in [1.807, 2.05) is 16.9 Å². The third kappa shape index (κ3) is 3.19. The van der Waals surface area contributed by atoms with Gasteiger partial charge in [-0.2, -0.15) is 5.10 Å². The summed E-state index contributed by atoms with van der Waals surface area (Å²) in [5.41, 5.74) is 4.55. The Kier molecular flexibility index (Phi) is 4.00. The molecule has 0 radical (unpaired) electrons. The van der Waals surface area contributed by atoms with Crippen LogP contribution in [0.5, 0.6) is 0 Å². The van der Waals surface area contributed by atoms with Crippen LogP contribution in [0.25, 0.3) is 5.69 Å². The zero-order chi connectivity index (χ0) is 15.7. The van der Waals surface area contributed by atoms with E-state index in [1.165, 1.54) is 5.56 Å². The summed E-state index contributed by atoms with van der Waals surface area (Å²) in [6.07, 6.45) is 3.58. The highest BCUT2D eigenvalue weighted by molar-refractivity contribution is 5.49. The molecule has 3 rings (SSSR count). The standard InChI is InChI=1S/C17H21F2N3/c1-13-10-14(2)16(22-7-3-6-20-22)15(11-13)12-21-8-4-17(18,19)5-9-21/h3,6-7,10-11H,4-5,8-9,12H2,1-2H3. The lowest BCUT2D eigenvalue weighted by Gasteiger charge is -2.32. The Morgan fingerprint density at radius 2 is 1.91 bits per heavy atom. The van der Waals surface area contributed by atoms with Crippen molar-refractivity contribution in [3.63, 3.8) is 0 Å². The molecule has 1 aliphatic rings. The van der Waals surface area contributed by atoms with E-state index >= 15 is 0 Å². The fraction of sp³-hybridized carbons (Fsp3) is 0.471. The van der Waals surface area contributed by atoms with Crippen molar-refractivity contribution in [2.75, 3.05) is 13.1 Å². The highest BCUT2D eigenvalue weighted by Gasteiger charge is 2.34. The van der Waals surface area contributed by atoms with Crippen LogP contribution in [-0.4, -0.2) is 33.7 Å². The van der Waals surface area contributed by atoms with Crippen molar-refractivity contribution in [2.45, 2.75) is 39.2 Å². The van der Waals surface area contributed by atoms with Gasteiger partial charge in [-0.25, -0.2) is 13.5 Å². The Morgan fingerprint density at radius 3 is 2.55 bits per heavy atom. The van der Waals surface area contributed by atoms with Gasteiger partial charge in [0.25, 0.3) is 5.92 Å². The second kappa shape index (κ2) is 5.80. The van der Waals surface area contributed by atoms with Gasteiger partial charge in [-0.05, 0) is 31.0 Å². The van der Waals surface area contributed by atoms with Crippen molar-refractivity contribution in [3.8, 4) is 5.69 Å². The molecule has 1 saturated heterocycles. The quantitative estimate of drug-likeness (QED) is 0.862. The van der Waals surface area contributed by atoms with Gasteiger partial charge in [-0.15, -0.1) is 0 Å². The number of likely N-dealkylation sites (tertiary alicyclic amines) is 1. The molecule has 3 nitrogen and oxygen atoms in total. The Hall–Kier alpha value is -1.75. The van der Waals surface area contributed by atoms with E-state index < -0.39 is 5.92 Å². The molecule has 1 aliphatic heterocycles. The third-order valence-electron chi connectivity index (χ3n) is 4.24. The molecule has 0 bridgehead atoms. The number of rotatable bonds is 3. The fourth-order valence-corrected chi connectivity index (χ4v) is 3.18. The first-order chi connectivity index (χ1) is 10.4. The second-order valence-corrected chi connectivity index (χ2v) is 6.17. The van der Waals surface area contributed by atoms with E-state index in [1.54, 1.807) is 6.20 Å². The van der Waals surface area contributed by atoms with Gasteiger partial charge in [-0.1, -0.05) is 17.7 Å². The van der Waals surface area contributed by atoms with E-state index in [0.717, 1.165) is 16.8 Å². The number of aromatic nitrogens is 2. The zero-order valence-electron chi connectivity index (χ0n) is 13.0. The predicted molar refractivity (Wildman–Crippen MR) is 82.5 cm³/mol. The van der Waals surface area contributed by atoms with E-state index in [0.29, 0.717) is 19.6 Å². The summed E-state index contributed by atoms with van der Waals surface area (Å²) >= 11 is 0. The average Bonchev–Trinajstić information content (AvgIpc) is 2.94. The van der Waals surface area contributed by atoms with Crippen LogP contribution in [0.2, 0.25) is 0 Å². The molecule has 118 valence electrons. The third-order valence-corrected chi connectivity index (χ3v) is 4.24. The van der Waals surface area contributed by atoms with Crippen molar-refractivity contribution < 1.29 is 8.78 Å². The molecule has 1 aromatic heterocycles. The first-order valence-electron chi connectivity index (χ1n) is 7.65.